The molecule has 1 aliphatic carbocycles. The molecule has 3 unspecified atom stereocenters. The quantitative estimate of drug-likeness (QED) is 0.888. The van der Waals surface area contributed by atoms with Crippen molar-refractivity contribution in [3.8, 4) is 0 Å². The fraction of sp³-hybridized carbons (Fsp3) is 0.667. The van der Waals surface area contributed by atoms with E-state index in [-0.39, 0.29) is 11.9 Å². The van der Waals surface area contributed by atoms with Gasteiger partial charge >= 0.3 is 0 Å². The van der Waals surface area contributed by atoms with Crippen LogP contribution in [-0.4, -0.2) is 23.7 Å². The van der Waals surface area contributed by atoms with E-state index in [1.807, 2.05) is 0 Å². The van der Waals surface area contributed by atoms with E-state index in [0.717, 1.165) is 31.1 Å². The number of halogens is 1. The van der Waals surface area contributed by atoms with E-state index in [9.17, 15) is 4.39 Å². The largest absolute Gasteiger partial charge is 0.376 e. The fourth-order valence-electron chi connectivity index (χ4n) is 2.94. The van der Waals surface area contributed by atoms with Gasteiger partial charge in [-0.15, -0.1) is 0 Å². The molecule has 0 bridgehead atoms. The third-order valence-corrected chi connectivity index (χ3v) is 4.15. The Hall–Kier alpha value is -1.00. The van der Waals surface area contributed by atoms with Crippen molar-refractivity contribution < 1.29 is 9.13 Å². The lowest BCUT2D eigenvalue weighted by Crippen LogP contribution is -2.40. The molecule has 0 spiro atoms. The summed E-state index contributed by atoms with van der Waals surface area (Å²) in [6.07, 6.45) is 6.28. The molecule has 0 aromatic carbocycles. The third-order valence-electron chi connectivity index (χ3n) is 4.15. The molecule has 2 heterocycles. The van der Waals surface area contributed by atoms with Crippen molar-refractivity contribution in [1.82, 2.24) is 10.3 Å². The number of ether oxygens (including phenoxy) is 1. The number of hydrogen-bond donors (Lipinski definition) is 1. The molecule has 4 heteroatoms. The van der Waals surface area contributed by atoms with Gasteiger partial charge in [-0.1, -0.05) is 6.92 Å². The lowest BCUT2D eigenvalue weighted by molar-refractivity contribution is 0.0786. The van der Waals surface area contributed by atoms with Gasteiger partial charge in [0.2, 0.25) is 0 Å². The first-order chi connectivity index (χ1) is 9.28. The van der Waals surface area contributed by atoms with Gasteiger partial charge in [0.15, 0.2) is 0 Å². The van der Waals surface area contributed by atoms with E-state index in [4.69, 9.17) is 4.74 Å². The van der Waals surface area contributed by atoms with Crippen LogP contribution >= 0.6 is 0 Å². The molecular weight excluding hydrogens is 243 g/mol. The summed E-state index contributed by atoms with van der Waals surface area (Å²) >= 11 is 0. The van der Waals surface area contributed by atoms with Crippen LogP contribution < -0.4 is 5.32 Å². The van der Waals surface area contributed by atoms with Gasteiger partial charge in [-0.05, 0) is 43.7 Å². The van der Waals surface area contributed by atoms with Crippen molar-refractivity contribution in [3.05, 3.63) is 29.8 Å². The fourth-order valence-corrected chi connectivity index (χ4v) is 2.94. The Balaban J connectivity index is 1.67. The highest BCUT2D eigenvalue weighted by atomic mass is 19.1. The van der Waals surface area contributed by atoms with Gasteiger partial charge in [-0.3, -0.25) is 4.98 Å². The molecule has 104 valence electrons. The van der Waals surface area contributed by atoms with E-state index in [1.54, 1.807) is 6.07 Å². The molecular formula is C15H21FN2O. The van der Waals surface area contributed by atoms with Crippen LogP contribution in [0.3, 0.4) is 0 Å². The van der Waals surface area contributed by atoms with E-state index < -0.39 is 0 Å². The molecule has 2 fully saturated rings. The molecule has 1 aliphatic heterocycles. The average molecular weight is 264 g/mol. The monoisotopic (exact) mass is 264 g/mol. The van der Waals surface area contributed by atoms with Crippen molar-refractivity contribution in [2.45, 2.75) is 50.8 Å². The number of pyridine rings is 1. The molecule has 1 saturated heterocycles. The number of nitrogens with zero attached hydrogens (tertiary/aromatic N) is 1. The van der Waals surface area contributed by atoms with Gasteiger partial charge in [0, 0.05) is 18.7 Å². The zero-order valence-corrected chi connectivity index (χ0v) is 11.3. The molecule has 3 atom stereocenters. The highest BCUT2D eigenvalue weighted by molar-refractivity contribution is 5.10. The van der Waals surface area contributed by atoms with E-state index in [0.29, 0.717) is 12.1 Å². The highest BCUT2D eigenvalue weighted by Gasteiger charge is 2.41. The summed E-state index contributed by atoms with van der Waals surface area (Å²) in [5, 5.41) is 3.66. The maximum Gasteiger partial charge on any atom is 0.141 e. The highest BCUT2D eigenvalue weighted by Crippen LogP contribution is 2.39. The van der Waals surface area contributed by atoms with E-state index >= 15 is 0 Å². The van der Waals surface area contributed by atoms with Crippen molar-refractivity contribution >= 4 is 0 Å². The van der Waals surface area contributed by atoms with Crippen LogP contribution in [0.1, 0.15) is 44.3 Å². The van der Waals surface area contributed by atoms with Crippen molar-refractivity contribution in [1.29, 1.82) is 0 Å². The predicted molar refractivity (Wildman–Crippen MR) is 71.2 cm³/mol. The molecule has 3 nitrogen and oxygen atoms in total. The molecule has 1 saturated carbocycles. The Kier molecular flexibility index (Phi) is 3.80. The summed E-state index contributed by atoms with van der Waals surface area (Å²) in [6.45, 7) is 2.98. The Morgan fingerprint density at radius 1 is 1.42 bits per heavy atom. The maximum atomic E-state index is 12.9. The SMILES string of the molecule is CCC(NC1CCOC1C1CC1)c1ccc(F)cn1. The van der Waals surface area contributed by atoms with Crippen molar-refractivity contribution in [3.63, 3.8) is 0 Å². The minimum absolute atomic E-state index is 0.188. The molecule has 1 aromatic heterocycles. The predicted octanol–water partition coefficient (Wildman–Crippen LogP) is 2.83. The zero-order valence-electron chi connectivity index (χ0n) is 11.3. The van der Waals surface area contributed by atoms with Crippen LogP contribution in [0.15, 0.2) is 18.3 Å². The van der Waals surface area contributed by atoms with Gasteiger partial charge in [0.25, 0.3) is 0 Å². The van der Waals surface area contributed by atoms with Gasteiger partial charge in [0.1, 0.15) is 5.82 Å². The van der Waals surface area contributed by atoms with Crippen molar-refractivity contribution in [2.75, 3.05) is 6.61 Å². The first-order valence-electron chi connectivity index (χ1n) is 7.27. The molecule has 1 aromatic rings. The minimum Gasteiger partial charge on any atom is -0.376 e. The summed E-state index contributed by atoms with van der Waals surface area (Å²) in [6, 6.07) is 3.87. The summed E-state index contributed by atoms with van der Waals surface area (Å²) in [4.78, 5) is 4.20. The second-order valence-corrected chi connectivity index (χ2v) is 5.60. The Morgan fingerprint density at radius 2 is 2.26 bits per heavy atom. The lowest BCUT2D eigenvalue weighted by atomic mass is 10.0. The number of rotatable bonds is 5. The maximum absolute atomic E-state index is 12.9. The topological polar surface area (TPSA) is 34.1 Å². The molecule has 19 heavy (non-hydrogen) atoms. The Labute approximate surface area is 113 Å². The van der Waals surface area contributed by atoms with Gasteiger partial charge in [-0.25, -0.2) is 4.39 Å². The molecule has 2 aliphatic rings. The van der Waals surface area contributed by atoms with Crippen molar-refractivity contribution in [2.24, 2.45) is 5.92 Å². The van der Waals surface area contributed by atoms with Gasteiger partial charge in [-0.2, -0.15) is 0 Å². The standard InChI is InChI=1S/C15H21FN2O/c1-2-12(13-6-5-11(16)9-17-13)18-14-7-8-19-15(14)10-3-4-10/h5-6,9-10,12,14-15,18H,2-4,7-8H2,1H3. The van der Waals surface area contributed by atoms with Crippen LogP contribution in [0.5, 0.6) is 0 Å². The summed E-state index contributed by atoms with van der Waals surface area (Å²) in [5.41, 5.74) is 0.922. The molecule has 3 rings (SSSR count). The van der Waals surface area contributed by atoms with Crippen LogP contribution in [0.4, 0.5) is 4.39 Å². The number of hydrogen-bond acceptors (Lipinski definition) is 3. The number of nitrogens with one attached hydrogen (secondary N) is 1. The summed E-state index contributed by atoms with van der Waals surface area (Å²) < 4.78 is 18.8. The smallest absolute Gasteiger partial charge is 0.141 e. The average Bonchev–Trinajstić information content (AvgIpc) is 3.17. The summed E-state index contributed by atoms with van der Waals surface area (Å²) in [7, 11) is 0. The second-order valence-electron chi connectivity index (χ2n) is 5.60. The lowest BCUT2D eigenvalue weighted by Gasteiger charge is -2.25. The zero-order chi connectivity index (χ0) is 13.2. The Bertz CT molecular complexity index is 419. The van der Waals surface area contributed by atoms with Gasteiger partial charge in [0.05, 0.1) is 18.0 Å². The Morgan fingerprint density at radius 3 is 2.89 bits per heavy atom. The van der Waals surface area contributed by atoms with Gasteiger partial charge < -0.3 is 10.1 Å². The first kappa shape index (κ1) is 13.0. The molecule has 1 N–H and O–H groups in total. The first-order valence-corrected chi connectivity index (χ1v) is 7.27. The van der Waals surface area contributed by atoms with E-state index in [1.165, 1.54) is 25.1 Å². The van der Waals surface area contributed by atoms with Crippen LogP contribution in [0, 0.1) is 11.7 Å². The van der Waals surface area contributed by atoms with Crippen LogP contribution in [-0.2, 0) is 4.74 Å². The summed E-state index contributed by atoms with van der Waals surface area (Å²) in [5.74, 6) is 0.470. The second kappa shape index (κ2) is 5.55. The molecule has 0 amide bonds. The number of aromatic nitrogens is 1. The third kappa shape index (κ3) is 2.95. The minimum atomic E-state index is -0.279. The van der Waals surface area contributed by atoms with Crippen LogP contribution in [0.25, 0.3) is 0 Å². The molecule has 0 radical (unpaired) electrons. The van der Waals surface area contributed by atoms with E-state index in [2.05, 4.69) is 17.2 Å². The normalized spacial score (nSPS) is 28.5. The van der Waals surface area contributed by atoms with Crippen LogP contribution in [0.2, 0.25) is 0 Å².